The largest absolute Gasteiger partial charge is 0.493 e. The van der Waals surface area contributed by atoms with Gasteiger partial charge < -0.3 is 24.6 Å². The first kappa shape index (κ1) is 26.4. The smallest absolute Gasteiger partial charge is 0.327 e. The van der Waals surface area contributed by atoms with Gasteiger partial charge in [-0.1, -0.05) is 32.0 Å². The maximum absolute atomic E-state index is 13.2. The average Bonchev–Trinajstić information content (AvgIpc) is 3.37. The van der Waals surface area contributed by atoms with Crippen LogP contribution < -0.4 is 25.0 Å². The number of hydrogen-bond acceptors (Lipinski definition) is 8. The molecule has 3 amide bonds. The van der Waals surface area contributed by atoms with Crippen LogP contribution in [0.25, 0.3) is 10.9 Å². The first-order valence-electron chi connectivity index (χ1n) is 11.8. The Labute approximate surface area is 220 Å². The Balaban J connectivity index is 1.55. The van der Waals surface area contributed by atoms with Gasteiger partial charge in [-0.25, -0.2) is 14.8 Å². The van der Waals surface area contributed by atoms with Crippen LogP contribution in [0.5, 0.6) is 11.5 Å². The molecule has 0 fully saturated rings. The van der Waals surface area contributed by atoms with Crippen LogP contribution in [0.3, 0.4) is 0 Å². The lowest BCUT2D eigenvalue weighted by atomic mass is 9.93. The summed E-state index contributed by atoms with van der Waals surface area (Å²) in [5.74, 6) is 1.96. The van der Waals surface area contributed by atoms with Gasteiger partial charge >= 0.3 is 6.03 Å². The normalized spacial score (nSPS) is 11.2. The van der Waals surface area contributed by atoms with Crippen molar-refractivity contribution >= 4 is 40.2 Å². The number of carbonyl (C=O) groups is 2. The quantitative estimate of drug-likeness (QED) is 0.358. The summed E-state index contributed by atoms with van der Waals surface area (Å²) in [6.45, 7) is 7.80. The average molecular weight is 519 g/mol. The zero-order chi connectivity index (χ0) is 27.6. The molecule has 11 nitrogen and oxygen atoms in total. The minimum atomic E-state index is -0.452. The first-order chi connectivity index (χ1) is 18.0. The molecule has 11 heteroatoms. The molecule has 198 valence electrons. The molecule has 0 unspecified atom stereocenters. The number of carbonyl (C=O) groups excluding carboxylic acids is 2. The number of nitrogens with one attached hydrogen (secondary N) is 2. The number of hydrogen-bond donors (Lipinski definition) is 2. The molecule has 38 heavy (non-hydrogen) atoms. The SMILES string of the molecule is COc1cc2ncnc(N(C)C(=O)Nc3cc(C(=O)Nc4cc(C(C)(C)C)on4)ccc3C)c2cc1OC. The molecule has 0 saturated carbocycles. The Morgan fingerprint density at radius 2 is 1.68 bits per heavy atom. The molecule has 0 saturated heterocycles. The molecule has 2 aromatic heterocycles. The lowest BCUT2D eigenvalue weighted by Gasteiger charge is -2.20. The molecule has 0 aliphatic heterocycles. The fourth-order valence-corrected chi connectivity index (χ4v) is 3.71. The fraction of sp³-hybridized carbons (Fsp3) is 0.296. The zero-order valence-electron chi connectivity index (χ0n) is 22.4. The van der Waals surface area contributed by atoms with Crippen LogP contribution in [0.4, 0.5) is 22.1 Å². The molecule has 4 rings (SSSR count). The summed E-state index contributed by atoms with van der Waals surface area (Å²) in [5.41, 5.74) is 1.94. The first-order valence-corrected chi connectivity index (χ1v) is 11.8. The Hall–Kier alpha value is -4.67. The van der Waals surface area contributed by atoms with Crippen LogP contribution in [-0.4, -0.2) is 48.3 Å². The van der Waals surface area contributed by atoms with Crippen LogP contribution in [0.2, 0.25) is 0 Å². The number of aryl methyl sites for hydroxylation is 1. The van der Waals surface area contributed by atoms with Crippen molar-refractivity contribution in [2.45, 2.75) is 33.1 Å². The van der Waals surface area contributed by atoms with Crippen molar-refractivity contribution < 1.29 is 23.6 Å². The number of nitrogens with zero attached hydrogens (tertiary/aromatic N) is 4. The molecular weight excluding hydrogens is 488 g/mol. The van der Waals surface area contributed by atoms with Crippen molar-refractivity contribution in [3.8, 4) is 11.5 Å². The van der Waals surface area contributed by atoms with Gasteiger partial charge in [0, 0.05) is 41.2 Å². The van der Waals surface area contributed by atoms with E-state index < -0.39 is 6.03 Å². The molecular formula is C27H30N6O5. The number of methoxy groups -OCH3 is 2. The second-order valence-corrected chi connectivity index (χ2v) is 9.72. The van der Waals surface area contributed by atoms with E-state index in [1.54, 1.807) is 43.4 Å². The summed E-state index contributed by atoms with van der Waals surface area (Å²) in [6.07, 6.45) is 1.37. The number of rotatable bonds is 6. The maximum atomic E-state index is 13.2. The Morgan fingerprint density at radius 1 is 0.974 bits per heavy atom. The van der Waals surface area contributed by atoms with E-state index in [-0.39, 0.29) is 11.3 Å². The number of anilines is 3. The van der Waals surface area contributed by atoms with Gasteiger partial charge in [-0.15, -0.1) is 0 Å². The monoisotopic (exact) mass is 518 g/mol. The van der Waals surface area contributed by atoms with Crippen LogP contribution in [0, 0.1) is 6.92 Å². The summed E-state index contributed by atoms with van der Waals surface area (Å²) >= 11 is 0. The summed E-state index contributed by atoms with van der Waals surface area (Å²) in [4.78, 5) is 36.1. The van der Waals surface area contributed by atoms with E-state index in [0.29, 0.717) is 51.0 Å². The predicted octanol–water partition coefficient (Wildman–Crippen LogP) is 5.16. The Bertz CT molecular complexity index is 1510. The number of aromatic nitrogens is 3. The van der Waals surface area contributed by atoms with Gasteiger partial charge in [0.05, 0.1) is 19.7 Å². The number of benzene rings is 2. The van der Waals surface area contributed by atoms with Crippen molar-refractivity contribution in [1.82, 2.24) is 15.1 Å². The van der Waals surface area contributed by atoms with Gasteiger partial charge in [0.2, 0.25) is 0 Å². The highest BCUT2D eigenvalue weighted by Crippen LogP contribution is 2.34. The lowest BCUT2D eigenvalue weighted by Crippen LogP contribution is -2.32. The summed E-state index contributed by atoms with van der Waals surface area (Å²) in [7, 11) is 4.66. The molecule has 0 radical (unpaired) electrons. The highest BCUT2D eigenvalue weighted by molar-refractivity contribution is 6.08. The number of ether oxygens (including phenoxy) is 2. The molecule has 0 aliphatic carbocycles. The minimum Gasteiger partial charge on any atom is -0.493 e. The van der Waals surface area contributed by atoms with E-state index >= 15 is 0 Å². The fourth-order valence-electron chi connectivity index (χ4n) is 3.71. The van der Waals surface area contributed by atoms with Crippen molar-refractivity contribution in [2.75, 3.05) is 36.8 Å². The molecule has 0 aliphatic rings. The van der Waals surface area contributed by atoms with Gasteiger partial charge in [-0.3, -0.25) is 9.69 Å². The molecule has 0 bridgehead atoms. The maximum Gasteiger partial charge on any atom is 0.327 e. The molecule has 0 atom stereocenters. The Morgan fingerprint density at radius 3 is 2.34 bits per heavy atom. The van der Waals surface area contributed by atoms with Crippen molar-refractivity contribution in [2.24, 2.45) is 0 Å². The second kappa shape index (κ2) is 10.4. The van der Waals surface area contributed by atoms with Crippen molar-refractivity contribution in [3.63, 3.8) is 0 Å². The molecule has 2 N–H and O–H groups in total. The van der Waals surface area contributed by atoms with E-state index in [0.717, 1.165) is 5.56 Å². The van der Waals surface area contributed by atoms with Crippen LogP contribution in [0.1, 0.15) is 42.5 Å². The van der Waals surface area contributed by atoms with E-state index in [4.69, 9.17) is 14.0 Å². The molecule has 4 aromatic rings. The molecule has 0 spiro atoms. The van der Waals surface area contributed by atoms with Crippen molar-refractivity contribution in [1.29, 1.82) is 0 Å². The lowest BCUT2D eigenvalue weighted by molar-refractivity contribution is 0.102. The van der Waals surface area contributed by atoms with Crippen LogP contribution in [-0.2, 0) is 5.41 Å². The summed E-state index contributed by atoms with van der Waals surface area (Å²) in [6, 6.07) is 9.71. The van der Waals surface area contributed by atoms with E-state index in [9.17, 15) is 9.59 Å². The number of amides is 3. The Kier molecular flexibility index (Phi) is 7.20. The van der Waals surface area contributed by atoms with E-state index in [2.05, 4.69) is 25.8 Å². The standard InChI is InChI=1S/C27H30N6O5/c1-15-8-9-16(25(34)31-23-13-22(38-32-23)27(2,3)4)10-18(15)30-26(35)33(5)24-17-11-20(36-6)21(37-7)12-19(17)28-14-29-24/h8-14H,1-7H3,(H,30,35)(H,31,32,34). The summed E-state index contributed by atoms with van der Waals surface area (Å²) < 4.78 is 16.1. The highest BCUT2D eigenvalue weighted by atomic mass is 16.5. The van der Waals surface area contributed by atoms with Crippen molar-refractivity contribution in [3.05, 3.63) is 59.6 Å². The highest BCUT2D eigenvalue weighted by Gasteiger charge is 2.22. The van der Waals surface area contributed by atoms with Gasteiger partial charge in [-0.2, -0.15) is 0 Å². The van der Waals surface area contributed by atoms with Crippen LogP contribution >= 0.6 is 0 Å². The van der Waals surface area contributed by atoms with Gasteiger partial charge in [-0.05, 0) is 30.7 Å². The third-order valence-corrected chi connectivity index (χ3v) is 5.97. The topological polar surface area (TPSA) is 132 Å². The van der Waals surface area contributed by atoms with Crippen LogP contribution in [0.15, 0.2) is 47.2 Å². The third kappa shape index (κ3) is 5.36. The van der Waals surface area contributed by atoms with Gasteiger partial charge in [0.25, 0.3) is 5.91 Å². The van der Waals surface area contributed by atoms with E-state index in [1.807, 2.05) is 27.7 Å². The number of fused-ring (bicyclic) bond motifs is 1. The molecule has 2 heterocycles. The summed E-state index contributed by atoms with van der Waals surface area (Å²) in [5, 5.41) is 10.1. The van der Waals surface area contributed by atoms with E-state index in [1.165, 1.54) is 25.4 Å². The third-order valence-electron chi connectivity index (χ3n) is 5.97. The predicted molar refractivity (Wildman–Crippen MR) is 144 cm³/mol. The van der Waals surface area contributed by atoms with Gasteiger partial charge in [0.15, 0.2) is 17.3 Å². The molecule has 2 aromatic carbocycles. The number of urea groups is 1. The van der Waals surface area contributed by atoms with Gasteiger partial charge in [0.1, 0.15) is 17.9 Å². The minimum absolute atomic E-state index is 0.241. The second-order valence-electron chi connectivity index (χ2n) is 9.72. The zero-order valence-corrected chi connectivity index (χ0v) is 22.4.